The van der Waals surface area contributed by atoms with E-state index in [0.717, 1.165) is 13.0 Å². The van der Waals surface area contributed by atoms with Gasteiger partial charge in [-0.2, -0.15) is 0 Å². The monoisotopic (exact) mass is 254 g/mol. The Labute approximate surface area is 108 Å². The van der Waals surface area contributed by atoms with Gasteiger partial charge in [0.15, 0.2) is 0 Å². The second-order valence-corrected chi connectivity index (χ2v) is 4.74. The second kappa shape index (κ2) is 5.92. The largest absolute Gasteiger partial charge is 0.398 e. The summed E-state index contributed by atoms with van der Waals surface area (Å²) < 4.78 is 0. The number of rotatable bonds is 4. The molecular weight excluding hydrogens is 236 g/mol. The van der Waals surface area contributed by atoms with Crippen LogP contribution in [0.1, 0.15) is 37.6 Å². The fourth-order valence-corrected chi connectivity index (χ4v) is 1.84. The van der Waals surface area contributed by atoms with Crippen LogP contribution < -0.4 is 5.73 Å². The highest BCUT2D eigenvalue weighted by atomic mass is 35.5. The highest BCUT2D eigenvalue weighted by molar-refractivity contribution is 6.33. The first-order valence-corrected chi connectivity index (χ1v) is 6.21. The van der Waals surface area contributed by atoms with E-state index < -0.39 is 0 Å². The van der Waals surface area contributed by atoms with Crippen molar-refractivity contribution in [3.05, 3.63) is 28.8 Å². The van der Waals surface area contributed by atoms with Gasteiger partial charge in [0.1, 0.15) is 0 Å². The molecule has 0 aliphatic rings. The van der Waals surface area contributed by atoms with Crippen molar-refractivity contribution in [2.45, 2.75) is 33.2 Å². The van der Waals surface area contributed by atoms with E-state index in [2.05, 4.69) is 6.92 Å². The van der Waals surface area contributed by atoms with E-state index >= 15 is 0 Å². The molecule has 0 heterocycles. The third-order valence-electron chi connectivity index (χ3n) is 2.60. The maximum absolute atomic E-state index is 12.3. The molecule has 0 saturated carbocycles. The van der Waals surface area contributed by atoms with Crippen LogP contribution >= 0.6 is 11.6 Å². The zero-order valence-corrected chi connectivity index (χ0v) is 11.3. The molecule has 0 bridgehead atoms. The van der Waals surface area contributed by atoms with Crippen LogP contribution in [-0.2, 0) is 0 Å². The minimum atomic E-state index is 0.00347. The van der Waals surface area contributed by atoms with Crippen LogP contribution in [0.25, 0.3) is 0 Å². The average Bonchev–Trinajstić information content (AvgIpc) is 2.28. The third kappa shape index (κ3) is 3.37. The molecule has 0 spiro atoms. The van der Waals surface area contributed by atoms with E-state index in [4.69, 9.17) is 17.3 Å². The maximum atomic E-state index is 12.3. The standard InChI is InChI=1S/C13H19ClN2O/c1-4-7-16(9(2)3)13(17)10-5-6-12(15)11(14)8-10/h5-6,8-9H,4,7,15H2,1-3H3. The molecule has 0 aromatic heterocycles. The molecule has 0 fully saturated rings. The van der Waals surface area contributed by atoms with E-state index in [9.17, 15) is 4.79 Å². The van der Waals surface area contributed by atoms with Gasteiger partial charge in [-0.3, -0.25) is 4.79 Å². The smallest absolute Gasteiger partial charge is 0.254 e. The normalized spacial score (nSPS) is 10.6. The van der Waals surface area contributed by atoms with E-state index in [0.29, 0.717) is 16.3 Å². The molecule has 2 N–H and O–H groups in total. The summed E-state index contributed by atoms with van der Waals surface area (Å²) in [6.07, 6.45) is 0.937. The van der Waals surface area contributed by atoms with Crippen molar-refractivity contribution >= 4 is 23.2 Å². The van der Waals surface area contributed by atoms with E-state index in [1.165, 1.54) is 0 Å². The summed E-state index contributed by atoms with van der Waals surface area (Å²) in [7, 11) is 0. The summed E-state index contributed by atoms with van der Waals surface area (Å²) >= 11 is 5.92. The fourth-order valence-electron chi connectivity index (χ4n) is 1.66. The first-order valence-electron chi connectivity index (χ1n) is 5.83. The van der Waals surface area contributed by atoms with Crippen molar-refractivity contribution < 1.29 is 4.79 Å². The molecule has 94 valence electrons. The predicted molar refractivity (Wildman–Crippen MR) is 72.3 cm³/mol. The van der Waals surface area contributed by atoms with Crippen molar-refractivity contribution in [2.75, 3.05) is 12.3 Å². The zero-order valence-electron chi connectivity index (χ0n) is 10.5. The van der Waals surface area contributed by atoms with Gasteiger partial charge in [0.05, 0.1) is 10.7 Å². The topological polar surface area (TPSA) is 46.3 Å². The Hall–Kier alpha value is -1.22. The lowest BCUT2D eigenvalue weighted by atomic mass is 10.1. The third-order valence-corrected chi connectivity index (χ3v) is 2.92. The number of anilines is 1. The molecule has 1 aromatic carbocycles. The van der Waals surface area contributed by atoms with Crippen molar-refractivity contribution in [2.24, 2.45) is 0 Å². The molecule has 1 aromatic rings. The molecule has 0 radical (unpaired) electrons. The number of hydrogen-bond donors (Lipinski definition) is 1. The minimum absolute atomic E-state index is 0.00347. The number of halogens is 1. The highest BCUT2D eigenvalue weighted by Gasteiger charge is 2.18. The van der Waals surface area contributed by atoms with Crippen LogP contribution in [0.5, 0.6) is 0 Å². The van der Waals surface area contributed by atoms with Crippen LogP contribution in [0.15, 0.2) is 18.2 Å². The van der Waals surface area contributed by atoms with E-state index in [-0.39, 0.29) is 11.9 Å². The predicted octanol–water partition coefficient (Wildman–Crippen LogP) is 3.18. The molecular formula is C13H19ClN2O. The molecule has 0 saturated heterocycles. The van der Waals surface area contributed by atoms with Gasteiger partial charge >= 0.3 is 0 Å². The van der Waals surface area contributed by atoms with E-state index in [1.54, 1.807) is 18.2 Å². The molecule has 3 nitrogen and oxygen atoms in total. The van der Waals surface area contributed by atoms with Gasteiger partial charge in [-0.1, -0.05) is 18.5 Å². The number of nitrogen functional groups attached to an aromatic ring is 1. The molecule has 1 rings (SSSR count). The van der Waals surface area contributed by atoms with Crippen LogP contribution in [-0.4, -0.2) is 23.4 Å². The first kappa shape index (κ1) is 13.8. The number of nitrogens with zero attached hydrogens (tertiary/aromatic N) is 1. The Morgan fingerprint density at radius 1 is 1.47 bits per heavy atom. The highest BCUT2D eigenvalue weighted by Crippen LogP contribution is 2.21. The Kier molecular flexibility index (Phi) is 4.82. The van der Waals surface area contributed by atoms with Gasteiger partial charge in [0.2, 0.25) is 0 Å². The van der Waals surface area contributed by atoms with Crippen molar-refractivity contribution in [1.82, 2.24) is 4.90 Å². The Balaban J connectivity index is 2.97. The number of benzene rings is 1. The molecule has 0 unspecified atom stereocenters. The summed E-state index contributed by atoms with van der Waals surface area (Å²) in [4.78, 5) is 14.1. The van der Waals surface area contributed by atoms with Gasteiger partial charge < -0.3 is 10.6 Å². The number of carbonyl (C=O) groups is 1. The Bertz CT molecular complexity index is 404. The summed E-state index contributed by atoms with van der Waals surface area (Å²) in [5.74, 6) is 0.00347. The van der Waals surface area contributed by atoms with Crippen LogP contribution in [0.2, 0.25) is 5.02 Å². The van der Waals surface area contributed by atoms with Crippen LogP contribution in [0.4, 0.5) is 5.69 Å². The quantitative estimate of drug-likeness (QED) is 0.839. The lowest BCUT2D eigenvalue weighted by Gasteiger charge is -2.26. The fraction of sp³-hybridized carbons (Fsp3) is 0.462. The Morgan fingerprint density at radius 2 is 2.12 bits per heavy atom. The molecule has 17 heavy (non-hydrogen) atoms. The SMILES string of the molecule is CCCN(C(=O)c1ccc(N)c(Cl)c1)C(C)C. The number of hydrogen-bond acceptors (Lipinski definition) is 2. The van der Waals surface area contributed by atoms with Crippen LogP contribution in [0.3, 0.4) is 0 Å². The number of carbonyl (C=O) groups excluding carboxylic acids is 1. The number of amides is 1. The van der Waals surface area contributed by atoms with E-state index in [1.807, 2.05) is 18.7 Å². The van der Waals surface area contributed by atoms with Gasteiger partial charge in [-0.15, -0.1) is 0 Å². The lowest BCUT2D eigenvalue weighted by Crippen LogP contribution is -2.37. The molecule has 0 atom stereocenters. The lowest BCUT2D eigenvalue weighted by molar-refractivity contribution is 0.0706. The van der Waals surface area contributed by atoms with Crippen LogP contribution in [0, 0.1) is 0 Å². The molecule has 0 aliphatic heterocycles. The Morgan fingerprint density at radius 3 is 2.59 bits per heavy atom. The molecule has 0 aliphatic carbocycles. The summed E-state index contributed by atoms with van der Waals surface area (Å²) in [5, 5.41) is 0.427. The van der Waals surface area contributed by atoms with Gasteiger partial charge in [0, 0.05) is 18.2 Å². The van der Waals surface area contributed by atoms with Crippen molar-refractivity contribution in [1.29, 1.82) is 0 Å². The minimum Gasteiger partial charge on any atom is -0.398 e. The van der Waals surface area contributed by atoms with Gasteiger partial charge in [0.25, 0.3) is 5.91 Å². The second-order valence-electron chi connectivity index (χ2n) is 4.33. The van der Waals surface area contributed by atoms with Crippen molar-refractivity contribution in [3.8, 4) is 0 Å². The zero-order chi connectivity index (χ0) is 13.0. The van der Waals surface area contributed by atoms with Crippen molar-refractivity contribution in [3.63, 3.8) is 0 Å². The summed E-state index contributed by atoms with van der Waals surface area (Å²) in [6, 6.07) is 5.19. The molecule has 1 amide bonds. The average molecular weight is 255 g/mol. The first-order chi connectivity index (χ1) is 7.97. The summed E-state index contributed by atoms with van der Waals surface area (Å²) in [6.45, 7) is 6.82. The summed E-state index contributed by atoms with van der Waals surface area (Å²) in [5.41, 5.74) is 6.71. The van der Waals surface area contributed by atoms with Gasteiger partial charge in [-0.05, 0) is 38.5 Å². The number of nitrogens with two attached hydrogens (primary N) is 1. The molecule has 4 heteroatoms. The maximum Gasteiger partial charge on any atom is 0.254 e. The van der Waals surface area contributed by atoms with Gasteiger partial charge in [-0.25, -0.2) is 0 Å².